The van der Waals surface area contributed by atoms with E-state index in [1.54, 1.807) is 16.9 Å². The summed E-state index contributed by atoms with van der Waals surface area (Å²) < 4.78 is 14.8. The summed E-state index contributed by atoms with van der Waals surface area (Å²) in [5.41, 5.74) is 1.56. The summed E-state index contributed by atoms with van der Waals surface area (Å²) in [4.78, 5) is 29.6. The molecular formula is C19H19FN4O3. The minimum atomic E-state index is -1.13. The molecule has 0 saturated heterocycles. The number of rotatable bonds is 6. The van der Waals surface area contributed by atoms with E-state index >= 15 is 0 Å². The van der Waals surface area contributed by atoms with Crippen LogP contribution in [0.5, 0.6) is 0 Å². The van der Waals surface area contributed by atoms with Gasteiger partial charge in [0, 0.05) is 24.2 Å². The summed E-state index contributed by atoms with van der Waals surface area (Å²) in [6.07, 6.45) is 3.05. The number of carbonyl (C=O) groups excluding carboxylic acids is 1. The Labute approximate surface area is 155 Å². The fourth-order valence-corrected chi connectivity index (χ4v) is 2.79. The van der Waals surface area contributed by atoms with Gasteiger partial charge in [-0.2, -0.15) is 5.10 Å². The Morgan fingerprint density at radius 1 is 1.22 bits per heavy atom. The molecule has 0 fully saturated rings. The zero-order valence-electron chi connectivity index (χ0n) is 15.0. The molecular weight excluding hydrogens is 351 g/mol. The van der Waals surface area contributed by atoms with Gasteiger partial charge < -0.3 is 10.0 Å². The molecule has 0 aliphatic carbocycles. The highest BCUT2D eigenvalue weighted by Crippen LogP contribution is 2.18. The third-order valence-electron chi connectivity index (χ3n) is 4.07. The third-order valence-corrected chi connectivity index (χ3v) is 4.07. The Kier molecular flexibility index (Phi) is 5.16. The molecule has 140 valence electrons. The summed E-state index contributed by atoms with van der Waals surface area (Å²) >= 11 is 0. The van der Waals surface area contributed by atoms with Gasteiger partial charge in [0.15, 0.2) is 5.65 Å². The van der Waals surface area contributed by atoms with Crippen LogP contribution in [0.4, 0.5) is 4.39 Å². The number of hydrogen-bond donors (Lipinski definition) is 1. The zero-order valence-corrected chi connectivity index (χ0v) is 15.0. The molecule has 27 heavy (non-hydrogen) atoms. The van der Waals surface area contributed by atoms with Crippen molar-refractivity contribution in [1.29, 1.82) is 0 Å². The lowest BCUT2D eigenvalue weighted by atomic mass is 10.1. The Bertz CT molecular complexity index is 982. The first-order valence-electron chi connectivity index (χ1n) is 8.44. The van der Waals surface area contributed by atoms with Crippen molar-refractivity contribution in [1.82, 2.24) is 19.7 Å². The smallest absolute Gasteiger partial charge is 0.323 e. The number of amides is 1. The Morgan fingerprint density at radius 2 is 1.93 bits per heavy atom. The van der Waals surface area contributed by atoms with E-state index in [-0.39, 0.29) is 18.2 Å². The van der Waals surface area contributed by atoms with Gasteiger partial charge in [-0.25, -0.2) is 14.1 Å². The van der Waals surface area contributed by atoms with E-state index in [0.29, 0.717) is 16.6 Å². The molecule has 1 amide bonds. The number of aliphatic carboxylic acids is 1. The SMILES string of the molecule is CC(C)n1ncc2cc(C(=O)N(CC(=O)O)Cc3ccc(F)cc3)cnc21. The average molecular weight is 370 g/mol. The molecule has 0 saturated carbocycles. The predicted octanol–water partition coefficient (Wildman–Crippen LogP) is 2.88. The van der Waals surface area contributed by atoms with Crippen molar-refractivity contribution in [3.63, 3.8) is 0 Å². The van der Waals surface area contributed by atoms with Crippen molar-refractivity contribution in [2.75, 3.05) is 6.54 Å². The van der Waals surface area contributed by atoms with Crippen LogP contribution in [-0.2, 0) is 11.3 Å². The molecule has 2 aromatic heterocycles. The number of fused-ring (bicyclic) bond motifs is 1. The van der Waals surface area contributed by atoms with Crippen LogP contribution in [0, 0.1) is 5.82 Å². The van der Waals surface area contributed by atoms with Crippen molar-refractivity contribution >= 4 is 22.9 Å². The van der Waals surface area contributed by atoms with Gasteiger partial charge in [-0.15, -0.1) is 0 Å². The topological polar surface area (TPSA) is 88.3 Å². The average Bonchev–Trinajstić information content (AvgIpc) is 3.05. The van der Waals surface area contributed by atoms with E-state index in [9.17, 15) is 14.0 Å². The monoisotopic (exact) mass is 370 g/mol. The molecule has 1 N–H and O–H groups in total. The van der Waals surface area contributed by atoms with E-state index < -0.39 is 24.2 Å². The van der Waals surface area contributed by atoms with Crippen LogP contribution in [0.3, 0.4) is 0 Å². The lowest BCUT2D eigenvalue weighted by molar-refractivity contribution is -0.137. The van der Waals surface area contributed by atoms with Crippen molar-refractivity contribution < 1.29 is 19.1 Å². The Morgan fingerprint density at radius 3 is 2.56 bits per heavy atom. The Hall–Kier alpha value is -3.29. The summed E-state index contributed by atoms with van der Waals surface area (Å²) in [5, 5.41) is 14.1. The number of hydrogen-bond acceptors (Lipinski definition) is 4. The largest absolute Gasteiger partial charge is 0.480 e. The van der Waals surface area contributed by atoms with E-state index in [0.717, 1.165) is 0 Å². The van der Waals surface area contributed by atoms with Gasteiger partial charge in [0.1, 0.15) is 12.4 Å². The number of benzene rings is 1. The van der Waals surface area contributed by atoms with Gasteiger partial charge in [0.25, 0.3) is 5.91 Å². The molecule has 0 bridgehead atoms. The van der Waals surface area contributed by atoms with Crippen LogP contribution in [0.1, 0.15) is 35.8 Å². The van der Waals surface area contributed by atoms with Crippen molar-refractivity contribution in [2.45, 2.75) is 26.4 Å². The molecule has 0 spiro atoms. The van der Waals surface area contributed by atoms with Crippen LogP contribution in [-0.4, -0.2) is 43.2 Å². The molecule has 3 rings (SSSR count). The first-order valence-corrected chi connectivity index (χ1v) is 8.44. The second kappa shape index (κ2) is 7.53. The number of halogens is 1. The highest BCUT2D eigenvalue weighted by Gasteiger charge is 2.20. The van der Waals surface area contributed by atoms with Gasteiger partial charge in [0.05, 0.1) is 11.8 Å². The highest BCUT2D eigenvalue weighted by molar-refractivity contribution is 5.98. The van der Waals surface area contributed by atoms with Crippen molar-refractivity contribution in [3.8, 4) is 0 Å². The van der Waals surface area contributed by atoms with Gasteiger partial charge in [-0.05, 0) is 37.6 Å². The number of carboxylic acids is 1. The molecule has 0 atom stereocenters. The third kappa shape index (κ3) is 4.11. The summed E-state index contributed by atoms with van der Waals surface area (Å²) in [5.74, 6) is -1.99. The lowest BCUT2D eigenvalue weighted by Gasteiger charge is -2.21. The van der Waals surface area contributed by atoms with Crippen LogP contribution in [0.2, 0.25) is 0 Å². The van der Waals surface area contributed by atoms with Crippen molar-refractivity contribution in [2.24, 2.45) is 0 Å². The molecule has 0 radical (unpaired) electrons. The van der Waals surface area contributed by atoms with Gasteiger partial charge in [-0.3, -0.25) is 9.59 Å². The molecule has 2 heterocycles. The fraction of sp³-hybridized carbons (Fsp3) is 0.263. The molecule has 0 unspecified atom stereocenters. The molecule has 0 aliphatic rings. The minimum absolute atomic E-state index is 0.0503. The normalized spacial score (nSPS) is 11.1. The highest BCUT2D eigenvalue weighted by atomic mass is 19.1. The van der Waals surface area contributed by atoms with Crippen molar-refractivity contribution in [3.05, 3.63) is 59.7 Å². The number of carbonyl (C=O) groups is 2. The maximum Gasteiger partial charge on any atom is 0.323 e. The fourth-order valence-electron chi connectivity index (χ4n) is 2.79. The van der Waals surface area contributed by atoms with E-state index in [2.05, 4.69) is 10.1 Å². The second-order valence-corrected chi connectivity index (χ2v) is 6.50. The number of nitrogens with zero attached hydrogens (tertiary/aromatic N) is 4. The molecule has 3 aromatic rings. The lowest BCUT2D eigenvalue weighted by Crippen LogP contribution is -2.35. The van der Waals surface area contributed by atoms with Gasteiger partial charge >= 0.3 is 5.97 Å². The number of pyridine rings is 1. The maximum atomic E-state index is 13.1. The second-order valence-electron chi connectivity index (χ2n) is 6.50. The Balaban J connectivity index is 1.89. The minimum Gasteiger partial charge on any atom is -0.480 e. The summed E-state index contributed by atoms with van der Waals surface area (Å²) in [7, 11) is 0. The number of carboxylic acid groups (broad SMARTS) is 1. The quantitative estimate of drug-likeness (QED) is 0.721. The maximum absolute atomic E-state index is 13.1. The van der Waals surface area contributed by atoms with E-state index in [1.165, 1.54) is 35.4 Å². The van der Waals surface area contributed by atoms with Crippen LogP contribution in [0.15, 0.2) is 42.7 Å². The van der Waals surface area contributed by atoms with Crippen LogP contribution >= 0.6 is 0 Å². The van der Waals surface area contributed by atoms with Crippen LogP contribution < -0.4 is 0 Å². The first kappa shape index (κ1) is 18.5. The standard InChI is InChI=1S/C19H19FN4O3/c1-12(2)24-18-14(9-22-24)7-15(8-21-18)19(27)23(11-17(25)26)10-13-3-5-16(20)6-4-13/h3-9,12H,10-11H2,1-2H3,(H,25,26). The summed E-state index contributed by atoms with van der Waals surface area (Å²) in [6, 6.07) is 7.35. The van der Waals surface area contributed by atoms with Gasteiger partial charge in [-0.1, -0.05) is 12.1 Å². The van der Waals surface area contributed by atoms with Crippen LogP contribution in [0.25, 0.3) is 11.0 Å². The van der Waals surface area contributed by atoms with E-state index in [1.807, 2.05) is 13.8 Å². The zero-order chi connectivity index (χ0) is 19.6. The first-order chi connectivity index (χ1) is 12.8. The summed E-state index contributed by atoms with van der Waals surface area (Å²) in [6.45, 7) is 3.53. The predicted molar refractivity (Wildman–Crippen MR) is 96.7 cm³/mol. The molecule has 8 heteroatoms. The molecule has 1 aromatic carbocycles. The van der Waals surface area contributed by atoms with Gasteiger partial charge in [0.2, 0.25) is 0 Å². The van der Waals surface area contributed by atoms with E-state index in [4.69, 9.17) is 5.11 Å². The molecule has 7 nitrogen and oxygen atoms in total. The molecule has 0 aliphatic heterocycles. The number of aromatic nitrogens is 3.